The summed E-state index contributed by atoms with van der Waals surface area (Å²) < 4.78 is 99.3. The molecule has 28 nitrogen and oxygen atoms in total. The lowest BCUT2D eigenvalue weighted by molar-refractivity contribution is -0.198. The van der Waals surface area contributed by atoms with Crippen molar-refractivity contribution in [2.45, 2.75) is 38.5 Å². The van der Waals surface area contributed by atoms with Gasteiger partial charge in [0.1, 0.15) is 24.7 Å². The number of carbonyl (C=O) groups is 6. The minimum Gasteiger partial charge on any atom is -0.491 e. The van der Waals surface area contributed by atoms with Crippen LogP contribution in [0.4, 0.5) is 0 Å². The monoisotopic (exact) mass is 1180 g/mol. The number of carbonyl (C=O) groups excluding carboxylic acids is 6. The molecule has 0 saturated carbocycles. The third-order valence-electron chi connectivity index (χ3n) is 10.5. The highest BCUT2D eigenvalue weighted by atomic mass is 16.7. The standard InChI is InChI=1S/C54H84N2O26/c1-2-46-43-47(79-41-39-77-37-35-75-33-31-73-29-27-71-25-23-69-21-19-67-17-15-65-13-11-63-9-7-53(61)81-55-49(57)3-4-50(55)58)45-48(44-46)80-42-40-78-38-36-76-34-32-74-30-28-72-26-24-70-22-20-68-18-16-66-14-12-64-10-8-54(62)82-56-51(59)5-6-52(56)60/h1,43-45H,3-42H2. The number of ether oxygens (including phenoxy) is 18. The van der Waals surface area contributed by atoms with E-state index in [9.17, 15) is 28.8 Å². The van der Waals surface area contributed by atoms with Crippen molar-refractivity contribution in [3.63, 3.8) is 0 Å². The maximum Gasteiger partial charge on any atom is 0.335 e. The molecule has 28 heteroatoms. The Morgan fingerprint density at radius 2 is 0.512 bits per heavy atom. The van der Waals surface area contributed by atoms with Crippen LogP contribution in [0.2, 0.25) is 0 Å². The van der Waals surface area contributed by atoms with Gasteiger partial charge in [0.25, 0.3) is 23.6 Å². The van der Waals surface area contributed by atoms with Crippen molar-refractivity contribution in [3.05, 3.63) is 23.8 Å². The van der Waals surface area contributed by atoms with Crippen molar-refractivity contribution in [2.24, 2.45) is 0 Å². The Morgan fingerprint density at radius 1 is 0.317 bits per heavy atom. The quantitative estimate of drug-likeness (QED) is 0.0492. The van der Waals surface area contributed by atoms with Gasteiger partial charge in [-0.25, -0.2) is 9.59 Å². The Morgan fingerprint density at radius 3 is 0.720 bits per heavy atom. The Labute approximate surface area is 479 Å². The average Bonchev–Trinajstić information content (AvgIpc) is 4.01. The molecular weight excluding hydrogens is 1090 g/mol. The summed E-state index contributed by atoms with van der Waals surface area (Å²) in [4.78, 5) is 78.7. The molecule has 2 saturated heterocycles. The molecule has 0 bridgehead atoms. The van der Waals surface area contributed by atoms with E-state index < -0.39 is 35.6 Å². The first-order valence-electron chi connectivity index (χ1n) is 27.5. The molecule has 0 atom stereocenters. The first-order chi connectivity index (χ1) is 40.3. The molecule has 0 N–H and O–H groups in total. The van der Waals surface area contributed by atoms with Crippen LogP contribution in [0.5, 0.6) is 11.5 Å². The van der Waals surface area contributed by atoms with Gasteiger partial charge < -0.3 is 94.9 Å². The fraction of sp³-hybridized carbons (Fsp3) is 0.741. The fourth-order valence-electron chi connectivity index (χ4n) is 6.46. The smallest absolute Gasteiger partial charge is 0.335 e. The maximum absolute atomic E-state index is 11.7. The van der Waals surface area contributed by atoms with Gasteiger partial charge in [0.2, 0.25) is 0 Å². The first kappa shape index (κ1) is 71.2. The Kier molecular flexibility index (Phi) is 43.8. The third kappa shape index (κ3) is 38.7. The fourth-order valence-corrected chi connectivity index (χ4v) is 6.46. The number of hydroxylamine groups is 4. The zero-order chi connectivity index (χ0) is 58.6. The normalized spacial score (nSPS) is 13.4. The van der Waals surface area contributed by atoms with Crippen LogP contribution >= 0.6 is 0 Å². The summed E-state index contributed by atoms with van der Waals surface area (Å²) in [5, 5.41) is 1.02. The molecule has 4 amide bonds. The van der Waals surface area contributed by atoms with E-state index in [1.165, 1.54) is 0 Å². The van der Waals surface area contributed by atoms with Crippen LogP contribution in [0, 0.1) is 12.3 Å². The number of nitrogens with zero attached hydrogens (tertiary/aromatic N) is 2. The van der Waals surface area contributed by atoms with E-state index in [-0.39, 0.29) is 65.0 Å². The van der Waals surface area contributed by atoms with Gasteiger partial charge in [-0.3, -0.25) is 19.2 Å². The van der Waals surface area contributed by atoms with Crippen molar-refractivity contribution < 1.29 is 124 Å². The summed E-state index contributed by atoms with van der Waals surface area (Å²) in [7, 11) is 0. The number of benzene rings is 1. The number of amides is 4. The van der Waals surface area contributed by atoms with E-state index in [4.69, 9.17) is 101 Å². The summed E-state index contributed by atoms with van der Waals surface area (Å²) in [5.74, 6) is 0.240. The highest BCUT2D eigenvalue weighted by molar-refractivity contribution is 6.02. The van der Waals surface area contributed by atoms with Crippen LogP contribution in [0.3, 0.4) is 0 Å². The number of imide groups is 2. The topological polar surface area (TPSA) is 293 Å². The molecule has 2 aliphatic rings. The molecular formula is C54H84N2O26. The summed E-state index contributed by atoms with van der Waals surface area (Å²) in [6, 6.07) is 5.27. The van der Waals surface area contributed by atoms with E-state index in [2.05, 4.69) is 5.92 Å². The molecule has 82 heavy (non-hydrogen) atoms. The highest BCUT2D eigenvalue weighted by Gasteiger charge is 2.33. The van der Waals surface area contributed by atoms with E-state index >= 15 is 0 Å². The molecule has 0 aliphatic carbocycles. The summed E-state index contributed by atoms with van der Waals surface area (Å²) in [6.45, 7) is 12.7. The van der Waals surface area contributed by atoms with Crippen LogP contribution in [0.25, 0.3) is 0 Å². The van der Waals surface area contributed by atoms with Crippen LogP contribution in [0.1, 0.15) is 44.1 Å². The van der Waals surface area contributed by atoms with Crippen LogP contribution in [-0.2, 0) is 114 Å². The summed E-state index contributed by atoms with van der Waals surface area (Å²) in [6.07, 6.45) is 5.65. The van der Waals surface area contributed by atoms with Crippen molar-refractivity contribution >= 4 is 35.6 Å². The van der Waals surface area contributed by atoms with Crippen molar-refractivity contribution in [1.82, 2.24) is 10.1 Å². The zero-order valence-corrected chi connectivity index (χ0v) is 47.1. The second-order valence-electron chi connectivity index (χ2n) is 16.9. The molecule has 1 aromatic rings. The molecule has 1 aromatic carbocycles. The maximum atomic E-state index is 11.7. The molecule has 2 fully saturated rings. The van der Waals surface area contributed by atoms with Gasteiger partial charge in [0.15, 0.2) is 0 Å². The lowest BCUT2D eigenvalue weighted by Gasteiger charge is -2.12. The second kappa shape index (κ2) is 50.5. The molecule has 0 radical (unpaired) electrons. The number of rotatable bonds is 58. The number of terminal acetylenes is 1. The van der Waals surface area contributed by atoms with Crippen LogP contribution in [0.15, 0.2) is 18.2 Å². The molecule has 466 valence electrons. The lowest BCUT2D eigenvalue weighted by atomic mass is 10.2. The third-order valence-corrected chi connectivity index (χ3v) is 10.5. The largest absolute Gasteiger partial charge is 0.491 e. The van der Waals surface area contributed by atoms with Crippen LogP contribution in [-0.4, -0.2) is 270 Å². The van der Waals surface area contributed by atoms with Gasteiger partial charge in [0, 0.05) is 37.3 Å². The SMILES string of the molecule is C#Cc1cc(OCCOCCOCCOCCOCCOCCOCCOCCOCCC(=O)ON2C(=O)CCC2=O)cc(OCCOCCOCCOCCOCCOCCOCCOCCOCCC(=O)ON2C(=O)CCC2=O)c1. The molecule has 0 aromatic heterocycles. The molecule has 2 heterocycles. The number of hydrogen-bond donors (Lipinski definition) is 0. The summed E-state index contributed by atoms with van der Waals surface area (Å²) in [5.41, 5.74) is 0.622. The predicted octanol–water partition coefficient (Wildman–Crippen LogP) is 0.686. The van der Waals surface area contributed by atoms with Gasteiger partial charge in [0.05, 0.1) is 224 Å². The van der Waals surface area contributed by atoms with E-state index in [1.54, 1.807) is 18.2 Å². The number of hydrogen-bond acceptors (Lipinski definition) is 26. The van der Waals surface area contributed by atoms with Crippen molar-refractivity contribution in [1.29, 1.82) is 0 Å². The van der Waals surface area contributed by atoms with Crippen molar-refractivity contribution in [3.8, 4) is 23.8 Å². The second-order valence-corrected chi connectivity index (χ2v) is 16.9. The van der Waals surface area contributed by atoms with E-state index in [0.717, 1.165) is 0 Å². The Bertz CT molecular complexity index is 1750. The van der Waals surface area contributed by atoms with Gasteiger partial charge in [-0.2, -0.15) is 0 Å². The molecule has 0 unspecified atom stereocenters. The predicted molar refractivity (Wildman–Crippen MR) is 282 cm³/mol. The average molecular weight is 1180 g/mol. The van der Waals surface area contributed by atoms with Gasteiger partial charge >= 0.3 is 11.9 Å². The van der Waals surface area contributed by atoms with E-state index in [1.807, 2.05) is 0 Å². The van der Waals surface area contributed by atoms with Gasteiger partial charge in [-0.15, -0.1) is 16.5 Å². The minimum absolute atomic E-state index is 0.0467. The molecule has 3 rings (SSSR count). The van der Waals surface area contributed by atoms with Crippen LogP contribution < -0.4 is 9.47 Å². The minimum atomic E-state index is -0.711. The highest BCUT2D eigenvalue weighted by Crippen LogP contribution is 2.23. The van der Waals surface area contributed by atoms with E-state index in [0.29, 0.717) is 225 Å². The molecule has 2 aliphatic heterocycles. The van der Waals surface area contributed by atoms with Gasteiger partial charge in [-0.1, -0.05) is 5.92 Å². The summed E-state index contributed by atoms with van der Waals surface area (Å²) >= 11 is 0. The van der Waals surface area contributed by atoms with Crippen molar-refractivity contribution in [2.75, 3.05) is 225 Å². The Balaban J connectivity index is 0.953. The Hall–Kier alpha value is -5.04. The lowest BCUT2D eigenvalue weighted by Crippen LogP contribution is -2.32. The van der Waals surface area contributed by atoms with Gasteiger partial charge in [-0.05, 0) is 12.1 Å². The molecule has 0 spiro atoms. The zero-order valence-electron chi connectivity index (χ0n) is 47.1. The first-order valence-corrected chi connectivity index (χ1v) is 27.5.